The van der Waals surface area contributed by atoms with Gasteiger partial charge in [-0.05, 0) is 35.2 Å². The van der Waals surface area contributed by atoms with Crippen LogP contribution < -0.4 is 0 Å². The molecule has 0 bridgehead atoms. The zero-order chi connectivity index (χ0) is 13.6. The first-order valence-electron chi connectivity index (χ1n) is 6.90. The molecule has 2 nitrogen and oxygen atoms in total. The second-order valence-electron chi connectivity index (χ2n) is 4.45. The third-order valence-electron chi connectivity index (χ3n) is 3.00. The zero-order valence-electron chi connectivity index (χ0n) is 11.7. The maximum Gasteiger partial charge on any atom is 0.121 e. The molecule has 0 aromatic carbocycles. The predicted octanol–water partition coefficient (Wildman–Crippen LogP) is 5.39. The lowest BCUT2D eigenvalue weighted by atomic mass is 10.1. The number of hydrogen-bond donors (Lipinski definition) is 0. The Morgan fingerprint density at radius 2 is 1.28 bits per heavy atom. The van der Waals surface area contributed by atoms with Gasteiger partial charge in [-0.1, -0.05) is 54.5 Å². The van der Waals surface area contributed by atoms with Crippen LogP contribution >= 0.6 is 31.9 Å². The van der Waals surface area contributed by atoms with E-state index in [1.165, 1.54) is 51.4 Å². The fourth-order valence-electron chi connectivity index (χ4n) is 1.88. The highest BCUT2D eigenvalue weighted by Crippen LogP contribution is 2.11. The van der Waals surface area contributed by atoms with Gasteiger partial charge in [-0.15, -0.1) is 0 Å². The third kappa shape index (κ3) is 10.2. The van der Waals surface area contributed by atoms with Crippen molar-refractivity contribution in [1.82, 2.24) is 0 Å². The molecule has 0 saturated carbocycles. The van der Waals surface area contributed by atoms with Crippen LogP contribution in [-0.4, -0.2) is 29.8 Å². The number of rotatable bonds is 11. The van der Waals surface area contributed by atoms with Gasteiger partial charge in [0.2, 0.25) is 0 Å². The van der Waals surface area contributed by atoms with E-state index in [-0.39, 0.29) is 0 Å². The van der Waals surface area contributed by atoms with Crippen molar-refractivity contribution in [3.8, 4) is 0 Å². The summed E-state index contributed by atoms with van der Waals surface area (Å²) in [5.41, 5.74) is 1.09. The first-order chi connectivity index (χ1) is 8.76. The van der Waals surface area contributed by atoms with Gasteiger partial charge in [0.15, 0.2) is 0 Å². The van der Waals surface area contributed by atoms with Gasteiger partial charge in [0.05, 0.1) is 5.71 Å². The molecular formula is C14H26Br2N2. The first-order valence-corrected chi connectivity index (χ1v) is 8.82. The topological polar surface area (TPSA) is 24.7 Å². The molecule has 0 aliphatic carbocycles. The fraction of sp³-hybridized carbons (Fsp3) is 0.857. The van der Waals surface area contributed by atoms with E-state index in [2.05, 4.69) is 41.8 Å². The highest BCUT2D eigenvalue weighted by molar-refractivity contribution is 9.19. The minimum atomic E-state index is 0.903. The van der Waals surface area contributed by atoms with Crippen LogP contribution in [0.2, 0.25) is 0 Å². The van der Waals surface area contributed by atoms with E-state index >= 15 is 0 Å². The molecule has 106 valence electrons. The van der Waals surface area contributed by atoms with Gasteiger partial charge < -0.3 is 0 Å². The smallest absolute Gasteiger partial charge is 0.121 e. The maximum atomic E-state index is 4.26. The van der Waals surface area contributed by atoms with Gasteiger partial charge >= 0.3 is 0 Å². The molecule has 0 radical (unpaired) electrons. The van der Waals surface area contributed by atoms with E-state index in [1.807, 2.05) is 7.05 Å². The Labute approximate surface area is 129 Å². The van der Waals surface area contributed by atoms with Crippen molar-refractivity contribution in [3.63, 3.8) is 0 Å². The largest absolute Gasteiger partial charge is 0.290 e. The van der Waals surface area contributed by atoms with Gasteiger partial charge in [-0.2, -0.15) is 0 Å². The highest BCUT2D eigenvalue weighted by Gasteiger charge is 2.03. The van der Waals surface area contributed by atoms with Crippen molar-refractivity contribution in [1.29, 1.82) is 0 Å². The summed E-state index contributed by atoms with van der Waals surface area (Å²) < 4.78 is 0.903. The summed E-state index contributed by atoms with van der Waals surface area (Å²) in [5.74, 6) is 0. The van der Waals surface area contributed by atoms with E-state index in [0.717, 1.165) is 22.1 Å². The second kappa shape index (κ2) is 13.7. The molecule has 0 spiro atoms. The monoisotopic (exact) mass is 380 g/mol. The molecule has 0 fully saturated rings. The predicted molar refractivity (Wildman–Crippen MR) is 91.0 cm³/mol. The number of aliphatic imine (C=N–C) groups is 2. The molecule has 0 amide bonds. The summed E-state index contributed by atoms with van der Waals surface area (Å²) in [6.07, 6.45) is 11.8. The van der Waals surface area contributed by atoms with Crippen molar-refractivity contribution in [2.45, 2.75) is 57.8 Å². The average molecular weight is 382 g/mol. The summed E-state index contributed by atoms with van der Waals surface area (Å²) >= 11 is 6.90. The molecule has 0 aromatic heterocycles. The molecule has 0 aromatic rings. The van der Waals surface area contributed by atoms with Crippen LogP contribution in [0.1, 0.15) is 57.8 Å². The molecule has 0 unspecified atom stereocenters. The Hall–Kier alpha value is 0.300. The Kier molecular flexibility index (Phi) is 14.0. The quantitative estimate of drug-likeness (QED) is 0.260. The van der Waals surface area contributed by atoms with E-state index in [1.54, 1.807) is 7.05 Å². The van der Waals surface area contributed by atoms with E-state index in [4.69, 9.17) is 0 Å². The minimum absolute atomic E-state index is 0.903. The van der Waals surface area contributed by atoms with Gasteiger partial charge in [0, 0.05) is 19.4 Å². The number of alkyl halides is 1. The number of halogens is 2. The summed E-state index contributed by atoms with van der Waals surface area (Å²) in [4.78, 5) is 8.38. The van der Waals surface area contributed by atoms with Crippen molar-refractivity contribution in [2.75, 3.05) is 19.4 Å². The molecule has 0 saturated heterocycles. The lowest BCUT2D eigenvalue weighted by Crippen LogP contribution is -2.07. The Morgan fingerprint density at radius 1 is 0.778 bits per heavy atom. The van der Waals surface area contributed by atoms with Crippen LogP contribution in [0.25, 0.3) is 0 Å². The molecule has 0 rings (SSSR count). The number of unbranched alkanes of at least 4 members (excludes halogenated alkanes) is 7. The molecular weight excluding hydrogens is 356 g/mol. The van der Waals surface area contributed by atoms with Gasteiger partial charge in [0.25, 0.3) is 0 Å². The van der Waals surface area contributed by atoms with Crippen LogP contribution in [0.5, 0.6) is 0 Å². The number of nitrogens with zero attached hydrogens (tertiary/aromatic N) is 2. The van der Waals surface area contributed by atoms with E-state index < -0.39 is 0 Å². The van der Waals surface area contributed by atoms with Crippen molar-refractivity contribution in [2.24, 2.45) is 9.98 Å². The summed E-state index contributed by atoms with van der Waals surface area (Å²) in [5, 5.41) is 1.15. The van der Waals surface area contributed by atoms with Crippen LogP contribution in [0.15, 0.2) is 9.98 Å². The van der Waals surface area contributed by atoms with Crippen molar-refractivity contribution < 1.29 is 0 Å². The molecule has 18 heavy (non-hydrogen) atoms. The summed E-state index contributed by atoms with van der Waals surface area (Å²) in [7, 11) is 3.63. The zero-order valence-corrected chi connectivity index (χ0v) is 14.9. The number of hydrogen-bond acceptors (Lipinski definition) is 2. The summed E-state index contributed by atoms with van der Waals surface area (Å²) in [6.45, 7) is 0. The second-order valence-corrected chi connectivity index (χ2v) is 6.00. The van der Waals surface area contributed by atoms with E-state index in [0.29, 0.717) is 0 Å². The Bertz CT molecular complexity index is 250. The standard InChI is InChI=1S/C14H26Br2N2/c1-17-13(14(16)18-2)11-9-7-5-3-4-6-8-10-12-15/h3-12H2,1-2H3. The Morgan fingerprint density at radius 3 is 1.72 bits per heavy atom. The first kappa shape index (κ1) is 18.3. The van der Waals surface area contributed by atoms with Crippen molar-refractivity contribution >= 4 is 42.2 Å². The Balaban J connectivity index is 3.40. The van der Waals surface area contributed by atoms with Gasteiger partial charge in [-0.3, -0.25) is 9.98 Å². The molecule has 0 N–H and O–H groups in total. The summed E-state index contributed by atoms with van der Waals surface area (Å²) in [6, 6.07) is 0. The average Bonchev–Trinajstić information content (AvgIpc) is 2.40. The van der Waals surface area contributed by atoms with Gasteiger partial charge in [0.1, 0.15) is 4.62 Å². The van der Waals surface area contributed by atoms with Crippen LogP contribution in [0.3, 0.4) is 0 Å². The third-order valence-corrected chi connectivity index (χ3v) is 4.37. The van der Waals surface area contributed by atoms with Crippen LogP contribution in [-0.2, 0) is 0 Å². The SMILES string of the molecule is CN=C(Br)C(CCCCCCCCCCBr)=NC. The molecule has 0 atom stereocenters. The molecule has 0 heterocycles. The lowest BCUT2D eigenvalue weighted by molar-refractivity contribution is 0.582. The van der Waals surface area contributed by atoms with Gasteiger partial charge in [-0.25, -0.2) is 0 Å². The van der Waals surface area contributed by atoms with E-state index in [9.17, 15) is 0 Å². The lowest BCUT2D eigenvalue weighted by Gasteiger charge is -2.04. The normalized spacial score (nSPS) is 13.1. The maximum absolute atomic E-state index is 4.26. The molecule has 0 aliphatic rings. The van der Waals surface area contributed by atoms with Crippen LogP contribution in [0, 0.1) is 0 Å². The fourth-order valence-corrected chi connectivity index (χ4v) is 2.66. The van der Waals surface area contributed by atoms with Crippen molar-refractivity contribution in [3.05, 3.63) is 0 Å². The molecule has 4 heteroatoms. The molecule has 0 aliphatic heterocycles. The highest BCUT2D eigenvalue weighted by atomic mass is 79.9. The minimum Gasteiger partial charge on any atom is -0.290 e. The van der Waals surface area contributed by atoms with Crippen LogP contribution in [0.4, 0.5) is 0 Å².